The number of hydrogen-bond acceptors (Lipinski definition) is 5. The van der Waals surface area contributed by atoms with Crippen molar-refractivity contribution in [2.75, 3.05) is 16.8 Å². The molecule has 0 amide bonds. The Labute approximate surface area is 124 Å². The van der Waals surface area contributed by atoms with Crippen molar-refractivity contribution in [3.63, 3.8) is 0 Å². The molecule has 0 saturated carbocycles. The van der Waals surface area contributed by atoms with Crippen LogP contribution in [0.15, 0.2) is 6.07 Å². The molecule has 110 valence electrons. The van der Waals surface area contributed by atoms with Crippen LogP contribution < -0.4 is 11.1 Å². The molecule has 2 heterocycles. The van der Waals surface area contributed by atoms with Crippen LogP contribution in [0.5, 0.6) is 0 Å². The lowest BCUT2D eigenvalue weighted by Crippen LogP contribution is -2.35. The van der Waals surface area contributed by atoms with Crippen LogP contribution in [0.4, 0.5) is 5.69 Å². The van der Waals surface area contributed by atoms with E-state index in [2.05, 4.69) is 10.3 Å². The fourth-order valence-corrected chi connectivity index (χ4v) is 4.50. The Balaban J connectivity index is 2.31. The lowest BCUT2D eigenvalue weighted by Gasteiger charge is -2.25. The van der Waals surface area contributed by atoms with E-state index in [0.29, 0.717) is 12.0 Å². The van der Waals surface area contributed by atoms with Gasteiger partial charge in [-0.3, -0.25) is 4.98 Å². The van der Waals surface area contributed by atoms with E-state index in [1.54, 1.807) is 0 Å². The number of aryl methyl sites for hydroxylation is 2. The third kappa shape index (κ3) is 3.46. The standard InChI is InChI=1S/C13H19N3O2S2/c1-8-6-11(12(13(14)19)9(2)15-8)16-10-4-3-5-20(17,18)7-10/h6,10H,3-5,7H2,1-2H3,(H2,14,19)(H,15,16). The number of anilines is 1. The van der Waals surface area contributed by atoms with Gasteiger partial charge in [-0.25, -0.2) is 8.42 Å². The number of rotatable bonds is 3. The Bertz CT molecular complexity index is 641. The van der Waals surface area contributed by atoms with E-state index in [0.717, 1.165) is 23.5 Å². The molecule has 1 fully saturated rings. The van der Waals surface area contributed by atoms with Crippen molar-refractivity contribution in [1.29, 1.82) is 0 Å². The molecule has 1 aliphatic heterocycles. The second-order valence-corrected chi connectivity index (χ2v) is 7.90. The highest BCUT2D eigenvalue weighted by Crippen LogP contribution is 2.23. The van der Waals surface area contributed by atoms with E-state index in [4.69, 9.17) is 18.0 Å². The van der Waals surface area contributed by atoms with Crippen LogP contribution in [-0.2, 0) is 9.84 Å². The van der Waals surface area contributed by atoms with Crippen LogP contribution in [0.3, 0.4) is 0 Å². The molecule has 0 bridgehead atoms. The highest BCUT2D eigenvalue weighted by molar-refractivity contribution is 7.91. The largest absolute Gasteiger partial charge is 0.389 e. The van der Waals surface area contributed by atoms with Gasteiger partial charge in [0, 0.05) is 23.1 Å². The fourth-order valence-electron chi connectivity index (χ4n) is 2.61. The lowest BCUT2D eigenvalue weighted by atomic mass is 10.1. The number of nitrogens with two attached hydrogens (primary N) is 1. The first kappa shape index (κ1) is 15.2. The molecule has 3 N–H and O–H groups in total. The number of thiocarbonyl (C=S) groups is 1. The van der Waals surface area contributed by atoms with Gasteiger partial charge >= 0.3 is 0 Å². The van der Waals surface area contributed by atoms with Crippen molar-refractivity contribution in [3.8, 4) is 0 Å². The minimum absolute atomic E-state index is 0.0944. The molecule has 1 atom stereocenters. The summed E-state index contributed by atoms with van der Waals surface area (Å²) in [6.07, 6.45) is 1.52. The molecule has 1 unspecified atom stereocenters. The molecular formula is C13H19N3O2S2. The minimum atomic E-state index is -2.95. The zero-order chi connectivity index (χ0) is 14.9. The lowest BCUT2D eigenvalue weighted by molar-refractivity contribution is 0.562. The van der Waals surface area contributed by atoms with Crippen LogP contribution in [-0.4, -0.2) is 35.9 Å². The Morgan fingerprint density at radius 2 is 2.20 bits per heavy atom. The molecule has 1 aromatic rings. The van der Waals surface area contributed by atoms with Gasteiger partial charge in [0.05, 0.1) is 17.1 Å². The SMILES string of the molecule is Cc1cc(NC2CCCS(=O)(=O)C2)c(C(N)=S)c(C)n1. The summed E-state index contributed by atoms with van der Waals surface area (Å²) in [4.78, 5) is 4.63. The van der Waals surface area contributed by atoms with E-state index >= 15 is 0 Å². The summed E-state index contributed by atoms with van der Waals surface area (Å²) in [6.45, 7) is 3.74. The van der Waals surface area contributed by atoms with Gasteiger partial charge in [0.2, 0.25) is 0 Å². The molecule has 0 aliphatic carbocycles. The molecule has 5 nitrogen and oxygen atoms in total. The van der Waals surface area contributed by atoms with Crippen molar-refractivity contribution in [1.82, 2.24) is 4.98 Å². The summed E-state index contributed by atoms with van der Waals surface area (Å²) in [7, 11) is -2.95. The van der Waals surface area contributed by atoms with E-state index in [1.165, 1.54) is 0 Å². The summed E-state index contributed by atoms with van der Waals surface area (Å²) >= 11 is 5.07. The average molecular weight is 313 g/mol. The van der Waals surface area contributed by atoms with Crippen molar-refractivity contribution in [3.05, 3.63) is 23.0 Å². The van der Waals surface area contributed by atoms with E-state index in [1.807, 2.05) is 19.9 Å². The monoisotopic (exact) mass is 313 g/mol. The summed E-state index contributed by atoms with van der Waals surface area (Å²) in [5.74, 6) is 0.436. The van der Waals surface area contributed by atoms with Gasteiger partial charge in [0.1, 0.15) is 4.99 Å². The number of aromatic nitrogens is 1. The predicted octanol–water partition coefficient (Wildman–Crippen LogP) is 1.32. The van der Waals surface area contributed by atoms with Crippen molar-refractivity contribution >= 4 is 32.7 Å². The van der Waals surface area contributed by atoms with Gasteiger partial charge in [0.15, 0.2) is 9.84 Å². The van der Waals surface area contributed by atoms with Crippen LogP contribution in [0.1, 0.15) is 29.8 Å². The summed E-state index contributed by atoms with van der Waals surface area (Å²) in [6, 6.07) is 1.77. The molecule has 1 aliphatic rings. The maximum absolute atomic E-state index is 11.7. The first-order chi connectivity index (χ1) is 9.28. The first-order valence-corrected chi connectivity index (χ1v) is 8.76. The number of hydrogen-bond donors (Lipinski definition) is 2. The van der Waals surface area contributed by atoms with Gasteiger partial charge < -0.3 is 11.1 Å². The highest BCUT2D eigenvalue weighted by atomic mass is 32.2. The smallest absolute Gasteiger partial charge is 0.152 e. The zero-order valence-corrected chi connectivity index (χ0v) is 13.3. The minimum Gasteiger partial charge on any atom is -0.389 e. The highest BCUT2D eigenvalue weighted by Gasteiger charge is 2.25. The number of nitrogens with zero attached hydrogens (tertiary/aromatic N) is 1. The van der Waals surface area contributed by atoms with Gasteiger partial charge in [-0.15, -0.1) is 0 Å². The second-order valence-electron chi connectivity index (χ2n) is 5.23. The van der Waals surface area contributed by atoms with Crippen LogP contribution >= 0.6 is 12.2 Å². The van der Waals surface area contributed by atoms with Crippen LogP contribution in [0, 0.1) is 13.8 Å². The third-order valence-electron chi connectivity index (χ3n) is 3.40. The summed E-state index contributed by atoms with van der Waals surface area (Å²) in [5, 5.41) is 3.28. The number of nitrogens with one attached hydrogen (secondary N) is 1. The summed E-state index contributed by atoms with van der Waals surface area (Å²) in [5.41, 5.74) is 8.85. The first-order valence-electron chi connectivity index (χ1n) is 6.53. The number of sulfone groups is 1. The Kier molecular flexibility index (Phi) is 4.29. The Morgan fingerprint density at radius 1 is 1.50 bits per heavy atom. The molecule has 7 heteroatoms. The molecule has 1 aromatic heterocycles. The zero-order valence-electron chi connectivity index (χ0n) is 11.6. The maximum Gasteiger partial charge on any atom is 0.152 e. The molecule has 0 spiro atoms. The average Bonchev–Trinajstić information content (AvgIpc) is 2.25. The van der Waals surface area contributed by atoms with E-state index in [-0.39, 0.29) is 22.5 Å². The van der Waals surface area contributed by atoms with Crippen LogP contribution in [0.2, 0.25) is 0 Å². The summed E-state index contributed by atoms with van der Waals surface area (Å²) < 4.78 is 23.4. The van der Waals surface area contributed by atoms with Gasteiger partial charge in [-0.1, -0.05) is 12.2 Å². The van der Waals surface area contributed by atoms with E-state index < -0.39 is 9.84 Å². The third-order valence-corrected chi connectivity index (χ3v) is 5.42. The number of pyridine rings is 1. The topological polar surface area (TPSA) is 85.1 Å². The van der Waals surface area contributed by atoms with Gasteiger partial charge in [-0.05, 0) is 32.8 Å². The normalized spacial score (nSPS) is 21.4. The molecular weight excluding hydrogens is 294 g/mol. The second kappa shape index (κ2) is 5.65. The molecule has 0 aromatic carbocycles. The van der Waals surface area contributed by atoms with Gasteiger partial charge in [0.25, 0.3) is 0 Å². The Hall–Kier alpha value is -1.21. The van der Waals surface area contributed by atoms with E-state index in [9.17, 15) is 8.42 Å². The van der Waals surface area contributed by atoms with Gasteiger partial charge in [-0.2, -0.15) is 0 Å². The molecule has 2 rings (SSSR count). The molecule has 20 heavy (non-hydrogen) atoms. The van der Waals surface area contributed by atoms with Crippen molar-refractivity contribution in [2.24, 2.45) is 5.73 Å². The maximum atomic E-state index is 11.7. The predicted molar refractivity (Wildman–Crippen MR) is 84.9 cm³/mol. The molecule has 1 saturated heterocycles. The quantitative estimate of drug-likeness (QED) is 0.819. The van der Waals surface area contributed by atoms with Crippen LogP contribution in [0.25, 0.3) is 0 Å². The fraction of sp³-hybridized carbons (Fsp3) is 0.538. The Morgan fingerprint density at radius 3 is 2.80 bits per heavy atom. The molecule has 0 radical (unpaired) electrons. The van der Waals surface area contributed by atoms with Crippen molar-refractivity contribution < 1.29 is 8.42 Å². The van der Waals surface area contributed by atoms with Crippen molar-refractivity contribution in [2.45, 2.75) is 32.7 Å².